The van der Waals surface area contributed by atoms with E-state index in [1.54, 1.807) is 20.8 Å². The Labute approximate surface area is 126 Å². The Morgan fingerprint density at radius 1 is 1.36 bits per heavy atom. The minimum Gasteiger partial charge on any atom is -0.444 e. The molecule has 22 heavy (non-hydrogen) atoms. The van der Waals surface area contributed by atoms with Crippen molar-refractivity contribution in [3.63, 3.8) is 0 Å². The number of amides is 1. The third-order valence-corrected chi connectivity index (χ3v) is 3.28. The van der Waals surface area contributed by atoms with Crippen LogP contribution in [0.4, 0.5) is 18.0 Å². The molecule has 2 heterocycles. The van der Waals surface area contributed by atoms with Gasteiger partial charge in [0, 0.05) is 13.0 Å². The van der Waals surface area contributed by atoms with Crippen molar-refractivity contribution in [2.75, 3.05) is 0 Å². The minimum atomic E-state index is -4.24. The summed E-state index contributed by atoms with van der Waals surface area (Å²) in [6.07, 6.45) is -4.64. The lowest BCUT2D eigenvalue weighted by Gasteiger charge is -2.26. The Balaban J connectivity index is 2.00. The van der Waals surface area contributed by atoms with Crippen LogP contribution in [0.2, 0.25) is 0 Å². The van der Waals surface area contributed by atoms with E-state index in [0.717, 1.165) is 0 Å². The van der Waals surface area contributed by atoms with Crippen LogP contribution < -0.4 is 5.32 Å². The van der Waals surface area contributed by atoms with Crippen molar-refractivity contribution in [3.8, 4) is 0 Å². The molecule has 1 aromatic heterocycles. The number of hydrogen-bond donors (Lipinski definition) is 1. The molecule has 0 fully saturated rings. The van der Waals surface area contributed by atoms with Crippen molar-refractivity contribution in [1.29, 1.82) is 0 Å². The number of fused-ring (bicyclic) bond motifs is 1. The third kappa shape index (κ3) is 4.11. The van der Waals surface area contributed by atoms with Gasteiger partial charge in [-0.15, -0.1) is 10.2 Å². The van der Waals surface area contributed by atoms with Gasteiger partial charge in [-0.3, -0.25) is 0 Å². The van der Waals surface area contributed by atoms with Crippen molar-refractivity contribution in [2.45, 2.75) is 58.5 Å². The molecule has 1 N–H and O–H groups in total. The molecule has 0 aromatic carbocycles. The van der Waals surface area contributed by atoms with Gasteiger partial charge in [0.15, 0.2) is 5.82 Å². The topological polar surface area (TPSA) is 69.0 Å². The number of rotatable bonds is 2. The molecule has 6 nitrogen and oxygen atoms in total. The molecule has 1 amide bonds. The summed E-state index contributed by atoms with van der Waals surface area (Å²) in [4.78, 5) is 11.6. The number of halogens is 3. The van der Waals surface area contributed by atoms with Crippen molar-refractivity contribution in [3.05, 3.63) is 11.6 Å². The van der Waals surface area contributed by atoms with Gasteiger partial charge >= 0.3 is 12.3 Å². The van der Waals surface area contributed by atoms with Gasteiger partial charge in [0.2, 0.25) is 0 Å². The van der Waals surface area contributed by atoms with E-state index in [1.165, 1.54) is 4.57 Å². The SMILES string of the molecule is CC(C)(C)OC(=O)NCc1nnc2n1CC(C(F)(F)F)CC2. The minimum absolute atomic E-state index is 0.0150. The lowest BCUT2D eigenvalue weighted by atomic mass is 9.99. The van der Waals surface area contributed by atoms with Gasteiger partial charge in [-0.05, 0) is 27.2 Å². The summed E-state index contributed by atoms with van der Waals surface area (Å²) < 4.78 is 45.0. The number of aromatic nitrogens is 3. The normalized spacial score (nSPS) is 18.7. The lowest BCUT2D eigenvalue weighted by Crippen LogP contribution is -2.35. The van der Waals surface area contributed by atoms with Gasteiger partial charge in [0.1, 0.15) is 11.4 Å². The molecule has 1 aromatic rings. The Morgan fingerprint density at radius 2 is 2.05 bits per heavy atom. The summed E-state index contributed by atoms with van der Waals surface area (Å²) >= 11 is 0. The van der Waals surface area contributed by atoms with Crippen LogP contribution in [0.25, 0.3) is 0 Å². The monoisotopic (exact) mass is 320 g/mol. The summed E-state index contributed by atoms with van der Waals surface area (Å²) in [5.41, 5.74) is -0.643. The van der Waals surface area contributed by atoms with Crippen molar-refractivity contribution in [2.24, 2.45) is 5.92 Å². The molecular formula is C13H19F3N4O2. The van der Waals surface area contributed by atoms with E-state index >= 15 is 0 Å². The summed E-state index contributed by atoms with van der Waals surface area (Å²) in [6, 6.07) is 0. The molecule has 0 spiro atoms. The molecule has 9 heteroatoms. The molecular weight excluding hydrogens is 301 g/mol. The highest BCUT2D eigenvalue weighted by atomic mass is 19.4. The molecule has 1 aliphatic heterocycles. The van der Waals surface area contributed by atoms with E-state index in [4.69, 9.17) is 4.74 Å². The summed E-state index contributed by atoms with van der Waals surface area (Å²) in [6.45, 7) is 4.93. The molecule has 0 radical (unpaired) electrons. The van der Waals surface area contributed by atoms with Crippen LogP contribution in [0.15, 0.2) is 0 Å². The number of hydrogen-bond acceptors (Lipinski definition) is 4. The fourth-order valence-corrected chi connectivity index (χ4v) is 2.25. The Kier molecular flexibility index (Phi) is 4.35. The van der Waals surface area contributed by atoms with Gasteiger partial charge < -0.3 is 14.6 Å². The Bertz CT molecular complexity index is 548. The van der Waals surface area contributed by atoms with Gasteiger partial charge in [0.25, 0.3) is 0 Å². The van der Waals surface area contributed by atoms with Gasteiger partial charge in [0.05, 0.1) is 12.5 Å². The zero-order valence-corrected chi connectivity index (χ0v) is 12.7. The first-order chi connectivity index (χ1) is 10.1. The maximum Gasteiger partial charge on any atom is 0.408 e. The predicted molar refractivity (Wildman–Crippen MR) is 71.0 cm³/mol. The van der Waals surface area contributed by atoms with E-state index < -0.39 is 23.8 Å². The second-order valence-corrected chi connectivity index (χ2v) is 6.28. The van der Waals surface area contributed by atoms with E-state index in [2.05, 4.69) is 15.5 Å². The average molecular weight is 320 g/mol. The number of ether oxygens (including phenoxy) is 1. The first-order valence-corrected chi connectivity index (χ1v) is 7.01. The van der Waals surface area contributed by atoms with E-state index in [1.807, 2.05) is 0 Å². The zero-order chi connectivity index (χ0) is 16.5. The number of nitrogens with zero attached hydrogens (tertiary/aromatic N) is 3. The molecule has 1 atom stereocenters. The number of alkyl carbamates (subject to hydrolysis) is 1. The Morgan fingerprint density at radius 3 is 2.64 bits per heavy atom. The number of carbonyl (C=O) groups excluding carboxylic acids is 1. The fraction of sp³-hybridized carbons (Fsp3) is 0.769. The van der Waals surface area contributed by atoms with Crippen LogP contribution in [-0.4, -0.2) is 32.6 Å². The fourth-order valence-electron chi connectivity index (χ4n) is 2.25. The first-order valence-electron chi connectivity index (χ1n) is 7.01. The second kappa shape index (κ2) is 5.77. The average Bonchev–Trinajstić information content (AvgIpc) is 2.75. The van der Waals surface area contributed by atoms with Gasteiger partial charge in [-0.2, -0.15) is 13.2 Å². The molecule has 0 aliphatic carbocycles. The van der Waals surface area contributed by atoms with Crippen molar-refractivity contribution >= 4 is 6.09 Å². The van der Waals surface area contributed by atoms with E-state index in [0.29, 0.717) is 11.6 Å². The Hall–Kier alpha value is -1.80. The molecule has 1 unspecified atom stereocenters. The number of aryl methyl sites for hydroxylation is 1. The predicted octanol–water partition coefficient (Wildman–Crippen LogP) is 2.43. The molecule has 0 saturated carbocycles. The first kappa shape index (κ1) is 16.6. The third-order valence-electron chi connectivity index (χ3n) is 3.28. The lowest BCUT2D eigenvalue weighted by molar-refractivity contribution is -0.182. The number of alkyl halides is 3. The summed E-state index contributed by atoms with van der Waals surface area (Å²) in [7, 11) is 0. The van der Waals surface area contributed by atoms with Crippen LogP contribution in [0, 0.1) is 5.92 Å². The van der Waals surface area contributed by atoms with Crippen LogP contribution in [-0.2, 0) is 24.2 Å². The number of nitrogens with one attached hydrogen (secondary N) is 1. The molecule has 1 aliphatic rings. The van der Waals surface area contributed by atoms with Crippen LogP contribution >= 0.6 is 0 Å². The van der Waals surface area contributed by atoms with Gasteiger partial charge in [-0.25, -0.2) is 4.79 Å². The number of carbonyl (C=O) groups is 1. The quantitative estimate of drug-likeness (QED) is 0.908. The van der Waals surface area contributed by atoms with Crippen LogP contribution in [0.5, 0.6) is 0 Å². The summed E-state index contributed by atoms with van der Waals surface area (Å²) in [5.74, 6) is -0.590. The molecule has 0 bridgehead atoms. The summed E-state index contributed by atoms with van der Waals surface area (Å²) in [5, 5.41) is 10.2. The zero-order valence-electron chi connectivity index (χ0n) is 12.7. The van der Waals surface area contributed by atoms with E-state index in [9.17, 15) is 18.0 Å². The van der Waals surface area contributed by atoms with Gasteiger partial charge in [-0.1, -0.05) is 0 Å². The smallest absolute Gasteiger partial charge is 0.408 e. The van der Waals surface area contributed by atoms with E-state index in [-0.39, 0.29) is 25.9 Å². The highest BCUT2D eigenvalue weighted by Crippen LogP contribution is 2.34. The van der Waals surface area contributed by atoms with Crippen molar-refractivity contribution in [1.82, 2.24) is 20.1 Å². The maximum absolute atomic E-state index is 12.8. The largest absolute Gasteiger partial charge is 0.444 e. The maximum atomic E-state index is 12.8. The van der Waals surface area contributed by atoms with Crippen LogP contribution in [0.1, 0.15) is 38.8 Å². The van der Waals surface area contributed by atoms with Crippen LogP contribution in [0.3, 0.4) is 0 Å². The van der Waals surface area contributed by atoms with Crippen molar-refractivity contribution < 1.29 is 22.7 Å². The highest BCUT2D eigenvalue weighted by Gasteiger charge is 2.42. The molecule has 2 rings (SSSR count). The standard InChI is InChI=1S/C13H19F3N4O2/c1-12(2,3)22-11(21)17-6-10-19-18-9-5-4-8(7-20(9)10)13(14,15)16/h8H,4-7H2,1-3H3,(H,17,21). The second-order valence-electron chi connectivity index (χ2n) is 6.28. The molecule has 0 saturated heterocycles. The highest BCUT2D eigenvalue weighted by molar-refractivity contribution is 5.67. The molecule has 124 valence electrons.